The molecule has 0 spiro atoms. The van der Waals surface area contributed by atoms with E-state index in [0.717, 1.165) is 5.69 Å². The molecule has 0 aliphatic rings. The predicted molar refractivity (Wildman–Crippen MR) is 83.8 cm³/mol. The molecular formula is C15H16F2N6O. The zero-order valence-corrected chi connectivity index (χ0v) is 13.4. The number of anilines is 1. The molecule has 0 aliphatic carbocycles. The van der Waals surface area contributed by atoms with Crippen LogP contribution in [0.5, 0.6) is 0 Å². The minimum absolute atomic E-state index is 0.222. The van der Waals surface area contributed by atoms with Crippen LogP contribution in [0.4, 0.5) is 14.5 Å². The Morgan fingerprint density at radius 2 is 2.12 bits per heavy atom. The molecule has 0 bridgehead atoms. The number of halogens is 2. The van der Waals surface area contributed by atoms with E-state index in [1.54, 1.807) is 13.1 Å². The van der Waals surface area contributed by atoms with Gasteiger partial charge in [-0.05, 0) is 19.1 Å². The lowest BCUT2D eigenvalue weighted by Crippen LogP contribution is -2.08. The Kier molecular flexibility index (Phi) is 4.24. The largest absolute Gasteiger partial charge is 0.378 e. The molecule has 0 fully saturated rings. The van der Waals surface area contributed by atoms with E-state index < -0.39 is 13.0 Å². The average Bonchev–Trinajstić information content (AvgIpc) is 3.13. The SMILES string of the molecule is Cc1nn(CC(F)F)cc1-c1nc(-c2cc(N(C)C)ccn2)no1. The van der Waals surface area contributed by atoms with Crippen LogP contribution in [-0.4, -0.2) is 45.4 Å². The summed E-state index contributed by atoms with van der Waals surface area (Å²) in [7, 11) is 3.84. The van der Waals surface area contributed by atoms with Gasteiger partial charge in [-0.3, -0.25) is 9.67 Å². The van der Waals surface area contributed by atoms with Gasteiger partial charge in [0.25, 0.3) is 12.3 Å². The zero-order chi connectivity index (χ0) is 17.3. The average molecular weight is 334 g/mol. The third-order valence-electron chi connectivity index (χ3n) is 3.42. The standard InChI is InChI=1S/C15H16F2N6O/c1-9-11(7-23(20-9)8-13(16)17)15-19-14(21-24-15)12-6-10(22(2)3)4-5-18-12/h4-7,13H,8H2,1-3H3. The molecule has 0 aliphatic heterocycles. The van der Waals surface area contributed by atoms with Crippen molar-refractivity contribution >= 4 is 5.69 Å². The maximum Gasteiger partial charge on any atom is 0.261 e. The molecule has 0 saturated carbocycles. The molecule has 3 heterocycles. The van der Waals surface area contributed by atoms with Crippen LogP contribution in [0.15, 0.2) is 29.0 Å². The van der Waals surface area contributed by atoms with Gasteiger partial charge in [0, 0.05) is 32.2 Å². The van der Waals surface area contributed by atoms with Crippen molar-refractivity contribution < 1.29 is 13.3 Å². The molecule has 3 aromatic heterocycles. The minimum atomic E-state index is -2.48. The Balaban J connectivity index is 1.91. The summed E-state index contributed by atoms with van der Waals surface area (Å²) in [5, 5.41) is 7.96. The maximum absolute atomic E-state index is 12.5. The van der Waals surface area contributed by atoms with E-state index in [-0.39, 0.29) is 5.89 Å². The summed E-state index contributed by atoms with van der Waals surface area (Å²) in [4.78, 5) is 10.5. The fourth-order valence-corrected chi connectivity index (χ4v) is 2.22. The van der Waals surface area contributed by atoms with Gasteiger partial charge in [0.05, 0.1) is 11.3 Å². The molecule has 0 atom stereocenters. The third kappa shape index (κ3) is 3.24. The Labute approximate surface area is 136 Å². The molecule has 3 aromatic rings. The van der Waals surface area contributed by atoms with Crippen LogP contribution in [0, 0.1) is 6.92 Å². The quantitative estimate of drug-likeness (QED) is 0.714. The number of nitrogens with zero attached hydrogens (tertiary/aromatic N) is 6. The van der Waals surface area contributed by atoms with Crippen molar-refractivity contribution in [3.63, 3.8) is 0 Å². The summed E-state index contributed by atoms with van der Waals surface area (Å²) < 4.78 is 31.4. The summed E-state index contributed by atoms with van der Waals surface area (Å²) >= 11 is 0. The second kappa shape index (κ2) is 6.34. The number of aromatic nitrogens is 5. The first-order chi connectivity index (χ1) is 11.4. The summed E-state index contributed by atoms with van der Waals surface area (Å²) in [5.74, 6) is 0.551. The van der Waals surface area contributed by atoms with Crippen molar-refractivity contribution in [2.24, 2.45) is 0 Å². The summed E-state index contributed by atoms with van der Waals surface area (Å²) in [6.45, 7) is 1.22. The van der Waals surface area contributed by atoms with E-state index in [9.17, 15) is 8.78 Å². The number of aryl methyl sites for hydroxylation is 1. The van der Waals surface area contributed by atoms with Crippen LogP contribution in [0.3, 0.4) is 0 Å². The third-order valence-corrected chi connectivity index (χ3v) is 3.42. The van der Waals surface area contributed by atoms with Gasteiger partial charge in [-0.1, -0.05) is 5.16 Å². The Morgan fingerprint density at radius 3 is 2.83 bits per heavy atom. The van der Waals surface area contributed by atoms with Gasteiger partial charge in [-0.25, -0.2) is 8.78 Å². The van der Waals surface area contributed by atoms with Crippen molar-refractivity contribution in [1.82, 2.24) is 24.9 Å². The van der Waals surface area contributed by atoms with Gasteiger partial charge in [-0.15, -0.1) is 0 Å². The minimum Gasteiger partial charge on any atom is -0.378 e. The topological polar surface area (TPSA) is 72.9 Å². The fraction of sp³-hybridized carbons (Fsp3) is 0.333. The lowest BCUT2D eigenvalue weighted by atomic mass is 10.2. The van der Waals surface area contributed by atoms with Gasteiger partial charge < -0.3 is 9.42 Å². The van der Waals surface area contributed by atoms with Crippen LogP contribution in [0.25, 0.3) is 23.0 Å². The molecule has 24 heavy (non-hydrogen) atoms. The molecule has 9 heteroatoms. The normalized spacial score (nSPS) is 11.2. The second-order valence-corrected chi connectivity index (χ2v) is 5.46. The number of rotatable bonds is 5. The summed E-state index contributed by atoms with van der Waals surface area (Å²) in [5.41, 5.74) is 2.58. The highest BCUT2D eigenvalue weighted by Crippen LogP contribution is 2.25. The molecule has 126 valence electrons. The summed E-state index contributed by atoms with van der Waals surface area (Å²) in [6, 6.07) is 3.70. The van der Waals surface area contributed by atoms with Crippen LogP contribution in [0.1, 0.15) is 5.69 Å². The van der Waals surface area contributed by atoms with E-state index in [0.29, 0.717) is 22.8 Å². The molecule has 0 amide bonds. The first kappa shape index (κ1) is 16.0. The van der Waals surface area contributed by atoms with E-state index in [4.69, 9.17) is 4.52 Å². The summed E-state index contributed by atoms with van der Waals surface area (Å²) in [6.07, 6.45) is 0.656. The van der Waals surface area contributed by atoms with Crippen molar-refractivity contribution in [2.45, 2.75) is 19.9 Å². The molecule has 0 N–H and O–H groups in total. The highest BCUT2D eigenvalue weighted by atomic mass is 19.3. The fourth-order valence-electron chi connectivity index (χ4n) is 2.22. The van der Waals surface area contributed by atoms with Gasteiger partial charge >= 0.3 is 0 Å². The lowest BCUT2D eigenvalue weighted by molar-refractivity contribution is 0.121. The number of hydrogen-bond acceptors (Lipinski definition) is 6. The predicted octanol–water partition coefficient (Wildman–Crippen LogP) is 2.63. The van der Waals surface area contributed by atoms with Gasteiger partial charge in [-0.2, -0.15) is 10.1 Å². The molecule has 0 unspecified atom stereocenters. The van der Waals surface area contributed by atoms with Crippen LogP contribution in [0.2, 0.25) is 0 Å². The van der Waals surface area contributed by atoms with E-state index >= 15 is 0 Å². The Hall–Kier alpha value is -2.84. The van der Waals surface area contributed by atoms with Gasteiger partial charge in [0.2, 0.25) is 5.82 Å². The van der Waals surface area contributed by atoms with Crippen molar-refractivity contribution in [1.29, 1.82) is 0 Å². The van der Waals surface area contributed by atoms with Crippen LogP contribution in [-0.2, 0) is 6.54 Å². The molecule has 0 radical (unpaired) electrons. The smallest absolute Gasteiger partial charge is 0.261 e. The van der Waals surface area contributed by atoms with Crippen molar-refractivity contribution in [3.8, 4) is 23.0 Å². The molecule has 7 nitrogen and oxygen atoms in total. The molecule has 0 saturated heterocycles. The lowest BCUT2D eigenvalue weighted by Gasteiger charge is -2.11. The Morgan fingerprint density at radius 1 is 1.33 bits per heavy atom. The molecular weight excluding hydrogens is 318 g/mol. The van der Waals surface area contributed by atoms with Crippen molar-refractivity contribution in [2.75, 3.05) is 19.0 Å². The highest BCUT2D eigenvalue weighted by Gasteiger charge is 2.17. The molecule has 0 aromatic carbocycles. The van der Waals surface area contributed by atoms with Gasteiger partial charge in [0.15, 0.2) is 0 Å². The van der Waals surface area contributed by atoms with Crippen LogP contribution < -0.4 is 4.90 Å². The van der Waals surface area contributed by atoms with E-state index in [1.165, 1.54) is 10.9 Å². The first-order valence-corrected chi connectivity index (χ1v) is 7.24. The zero-order valence-electron chi connectivity index (χ0n) is 13.4. The van der Waals surface area contributed by atoms with Crippen LogP contribution >= 0.6 is 0 Å². The molecule has 3 rings (SSSR count). The monoisotopic (exact) mass is 334 g/mol. The second-order valence-electron chi connectivity index (χ2n) is 5.46. The van der Waals surface area contributed by atoms with E-state index in [1.807, 2.05) is 31.1 Å². The van der Waals surface area contributed by atoms with Gasteiger partial charge in [0.1, 0.15) is 12.2 Å². The number of hydrogen-bond donors (Lipinski definition) is 0. The Bertz CT molecular complexity index is 842. The van der Waals surface area contributed by atoms with Crippen molar-refractivity contribution in [3.05, 3.63) is 30.2 Å². The maximum atomic E-state index is 12.5. The van der Waals surface area contributed by atoms with E-state index in [2.05, 4.69) is 20.2 Å². The number of pyridine rings is 1. The number of alkyl halides is 2. The first-order valence-electron chi connectivity index (χ1n) is 7.24. The highest BCUT2D eigenvalue weighted by molar-refractivity contribution is 5.61.